The Morgan fingerprint density at radius 2 is 2.08 bits per heavy atom. The monoisotopic (exact) mass is 325 g/mol. The number of rotatable bonds is 3. The molecule has 2 aromatic carbocycles. The molecular formula is C20H20FNO2. The van der Waals surface area contributed by atoms with E-state index in [2.05, 4.69) is 0 Å². The van der Waals surface area contributed by atoms with Crippen molar-refractivity contribution >= 4 is 12.0 Å². The number of ether oxygens (including phenoxy) is 1. The van der Waals surface area contributed by atoms with E-state index in [4.69, 9.17) is 4.74 Å². The number of hydrogen-bond donors (Lipinski definition) is 0. The lowest BCUT2D eigenvalue weighted by Crippen LogP contribution is -2.37. The van der Waals surface area contributed by atoms with Crippen molar-refractivity contribution in [1.29, 1.82) is 0 Å². The van der Waals surface area contributed by atoms with Gasteiger partial charge in [0, 0.05) is 18.2 Å². The average Bonchev–Trinajstić information content (AvgIpc) is 2.60. The van der Waals surface area contributed by atoms with Gasteiger partial charge in [0.15, 0.2) is 0 Å². The van der Waals surface area contributed by atoms with Crippen molar-refractivity contribution < 1.29 is 13.9 Å². The zero-order chi connectivity index (χ0) is 17.1. The van der Waals surface area contributed by atoms with Crippen LogP contribution in [-0.2, 0) is 11.2 Å². The second-order valence-corrected chi connectivity index (χ2v) is 5.88. The molecule has 3 rings (SSSR count). The maximum atomic E-state index is 13.5. The summed E-state index contributed by atoms with van der Waals surface area (Å²) in [4.78, 5) is 14.4. The maximum Gasteiger partial charge on any atom is 0.247 e. The fourth-order valence-corrected chi connectivity index (χ4v) is 3.15. The van der Waals surface area contributed by atoms with E-state index in [1.54, 1.807) is 24.2 Å². The first-order valence-electron chi connectivity index (χ1n) is 8.00. The quantitative estimate of drug-likeness (QED) is 0.799. The summed E-state index contributed by atoms with van der Waals surface area (Å²) in [5.41, 5.74) is 2.85. The van der Waals surface area contributed by atoms with Crippen LogP contribution in [0.15, 0.2) is 48.5 Å². The first kappa shape index (κ1) is 16.2. The molecule has 0 aromatic heterocycles. The number of nitrogens with zero attached hydrogens (tertiary/aromatic N) is 1. The van der Waals surface area contributed by atoms with Crippen LogP contribution in [0, 0.1) is 5.82 Å². The highest BCUT2D eigenvalue weighted by atomic mass is 19.1. The Kier molecular flexibility index (Phi) is 4.65. The van der Waals surface area contributed by atoms with Gasteiger partial charge in [-0.2, -0.15) is 0 Å². The minimum Gasteiger partial charge on any atom is -0.496 e. The van der Waals surface area contributed by atoms with Crippen LogP contribution in [0.5, 0.6) is 5.75 Å². The van der Waals surface area contributed by atoms with Gasteiger partial charge in [-0.1, -0.05) is 24.3 Å². The van der Waals surface area contributed by atoms with E-state index in [1.165, 1.54) is 12.1 Å². The molecule has 0 spiro atoms. The number of benzene rings is 2. The summed E-state index contributed by atoms with van der Waals surface area (Å²) in [5.74, 6) is 0.378. The van der Waals surface area contributed by atoms with Crippen LogP contribution in [0.2, 0.25) is 0 Å². The Morgan fingerprint density at radius 3 is 2.88 bits per heavy atom. The van der Waals surface area contributed by atoms with Crippen molar-refractivity contribution in [2.45, 2.75) is 19.4 Å². The van der Waals surface area contributed by atoms with Gasteiger partial charge in [-0.05, 0) is 48.7 Å². The molecule has 0 bridgehead atoms. The highest BCUT2D eigenvalue weighted by molar-refractivity contribution is 5.92. The van der Waals surface area contributed by atoms with E-state index in [-0.39, 0.29) is 17.8 Å². The lowest BCUT2D eigenvalue weighted by atomic mass is 9.93. The fraction of sp³-hybridized carbons (Fsp3) is 0.250. The predicted octanol–water partition coefficient (Wildman–Crippen LogP) is 3.99. The Labute approximate surface area is 141 Å². The van der Waals surface area contributed by atoms with E-state index >= 15 is 0 Å². The Morgan fingerprint density at radius 1 is 1.29 bits per heavy atom. The molecule has 0 aliphatic carbocycles. The normalized spacial score (nSPS) is 17.0. The predicted molar refractivity (Wildman–Crippen MR) is 92.3 cm³/mol. The van der Waals surface area contributed by atoms with E-state index in [0.29, 0.717) is 6.54 Å². The minimum atomic E-state index is -0.264. The van der Waals surface area contributed by atoms with Gasteiger partial charge in [-0.3, -0.25) is 4.79 Å². The molecule has 1 unspecified atom stereocenters. The summed E-state index contributed by atoms with van der Waals surface area (Å²) in [6, 6.07) is 12.2. The third-order valence-electron chi connectivity index (χ3n) is 4.48. The summed E-state index contributed by atoms with van der Waals surface area (Å²) in [6.07, 6.45) is 4.06. The van der Waals surface area contributed by atoms with Gasteiger partial charge in [0.25, 0.3) is 0 Å². The lowest BCUT2D eigenvalue weighted by molar-refractivity contribution is -0.128. The van der Waals surface area contributed by atoms with Crippen LogP contribution in [0.25, 0.3) is 6.08 Å². The first-order chi connectivity index (χ1) is 11.6. The lowest BCUT2D eigenvalue weighted by Gasteiger charge is -2.34. The molecule has 3 nitrogen and oxygen atoms in total. The first-order valence-corrected chi connectivity index (χ1v) is 8.00. The fourth-order valence-electron chi connectivity index (χ4n) is 3.15. The van der Waals surface area contributed by atoms with Crippen molar-refractivity contribution in [1.82, 2.24) is 4.90 Å². The highest BCUT2D eigenvalue weighted by Gasteiger charge is 2.26. The molecule has 0 N–H and O–H groups in total. The smallest absolute Gasteiger partial charge is 0.247 e. The number of amides is 1. The molecule has 1 aliphatic rings. The molecule has 124 valence electrons. The summed E-state index contributed by atoms with van der Waals surface area (Å²) < 4.78 is 18.8. The van der Waals surface area contributed by atoms with E-state index in [1.807, 2.05) is 37.3 Å². The summed E-state index contributed by atoms with van der Waals surface area (Å²) in [6.45, 7) is 2.57. The second-order valence-electron chi connectivity index (χ2n) is 5.88. The summed E-state index contributed by atoms with van der Waals surface area (Å²) >= 11 is 0. The van der Waals surface area contributed by atoms with Gasteiger partial charge in [0.2, 0.25) is 5.91 Å². The van der Waals surface area contributed by atoms with Gasteiger partial charge >= 0.3 is 0 Å². The summed E-state index contributed by atoms with van der Waals surface area (Å²) in [7, 11) is 1.60. The van der Waals surface area contributed by atoms with Crippen molar-refractivity contribution in [2.24, 2.45) is 0 Å². The molecule has 1 aliphatic heterocycles. The molecule has 1 heterocycles. The molecule has 2 aromatic rings. The van der Waals surface area contributed by atoms with E-state index in [0.717, 1.165) is 28.9 Å². The molecule has 0 saturated heterocycles. The zero-order valence-corrected chi connectivity index (χ0v) is 13.8. The average molecular weight is 325 g/mol. The van der Waals surface area contributed by atoms with Crippen molar-refractivity contribution in [3.63, 3.8) is 0 Å². The number of hydrogen-bond acceptors (Lipinski definition) is 2. The number of methoxy groups -OCH3 is 1. The number of para-hydroxylation sites is 1. The maximum absolute atomic E-state index is 13.5. The van der Waals surface area contributed by atoms with Gasteiger partial charge in [-0.15, -0.1) is 0 Å². The second kappa shape index (κ2) is 6.87. The molecule has 0 saturated carbocycles. The number of carbonyl (C=O) groups is 1. The zero-order valence-electron chi connectivity index (χ0n) is 13.8. The molecule has 0 radical (unpaired) electrons. The molecule has 0 fully saturated rings. The Bertz CT molecular complexity index is 785. The molecule has 1 atom stereocenters. The van der Waals surface area contributed by atoms with Crippen molar-refractivity contribution in [3.8, 4) is 5.75 Å². The SMILES string of the molecule is COc1ccccc1/C=C/C(=O)N1CCc2ccc(F)cc2C1C. The van der Waals surface area contributed by atoms with Crippen LogP contribution in [0.1, 0.15) is 29.7 Å². The largest absolute Gasteiger partial charge is 0.496 e. The topological polar surface area (TPSA) is 29.5 Å². The van der Waals surface area contributed by atoms with Crippen LogP contribution >= 0.6 is 0 Å². The van der Waals surface area contributed by atoms with Crippen LogP contribution in [0.3, 0.4) is 0 Å². The third-order valence-corrected chi connectivity index (χ3v) is 4.48. The van der Waals surface area contributed by atoms with Gasteiger partial charge < -0.3 is 9.64 Å². The molecular weight excluding hydrogens is 305 g/mol. The van der Waals surface area contributed by atoms with E-state index in [9.17, 15) is 9.18 Å². The van der Waals surface area contributed by atoms with Crippen LogP contribution in [-0.4, -0.2) is 24.5 Å². The number of carbonyl (C=O) groups excluding carboxylic acids is 1. The van der Waals surface area contributed by atoms with Crippen LogP contribution < -0.4 is 4.74 Å². The summed E-state index contributed by atoms with van der Waals surface area (Å²) in [5, 5.41) is 0. The standard InChI is InChI=1S/C20H20FNO2/c1-14-18-13-17(21)9-7-15(18)11-12-22(14)20(23)10-8-16-5-3-4-6-19(16)24-2/h3-10,13-14H,11-12H2,1-2H3/b10-8+. The van der Waals surface area contributed by atoms with Crippen molar-refractivity contribution in [3.05, 3.63) is 71.0 Å². The van der Waals surface area contributed by atoms with Crippen molar-refractivity contribution in [2.75, 3.05) is 13.7 Å². The molecule has 1 amide bonds. The van der Waals surface area contributed by atoms with Crippen LogP contribution in [0.4, 0.5) is 4.39 Å². The Balaban J connectivity index is 1.80. The highest BCUT2D eigenvalue weighted by Crippen LogP contribution is 2.30. The Hall–Kier alpha value is -2.62. The molecule has 4 heteroatoms. The number of halogens is 1. The van der Waals surface area contributed by atoms with Gasteiger partial charge in [-0.25, -0.2) is 4.39 Å². The third kappa shape index (κ3) is 3.18. The van der Waals surface area contributed by atoms with E-state index < -0.39 is 0 Å². The minimum absolute atomic E-state index is 0.0803. The number of fused-ring (bicyclic) bond motifs is 1. The van der Waals surface area contributed by atoms with Gasteiger partial charge in [0.05, 0.1) is 13.2 Å². The molecule has 24 heavy (non-hydrogen) atoms. The van der Waals surface area contributed by atoms with Gasteiger partial charge in [0.1, 0.15) is 11.6 Å².